The van der Waals surface area contributed by atoms with Gasteiger partial charge in [0.1, 0.15) is 12.1 Å². The molecule has 0 saturated heterocycles. The summed E-state index contributed by atoms with van der Waals surface area (Å²) in [6, 6.07) is 15.3. The van der Waals surface area contributed by atoms with Gasteiger partial charge in [-0.2, -0.15) is 0 Å². The number of anilines is 1. The molecule has 0 saturated carbocycles. The Morgan fingerprint density at radius 3 is 2.58 bits per heavy atom. The fourth-order valence-corrected chi connectivity index (χ4v) is 2.90. The molecule has 1 heterocycles. The summed E-state index contributed by atoms with van der Waals surface area (Å²) >= 11 is 1.31. The predicted molar refractivity (Wildman–Crippen MR) is 91.7 cm³/mol. The summed E-state index contributed by atoms with van der Waals surface area (Å²) in [4.78, 5) is 12.3. The zero-order valence-corrected chi connectivity index (χ0v) is 13.7. The summed E-state index contributed by atoms with van der Waals surface area (Å²) in [5.74, 6) is -0.527. The largest absolute Gasteiger partial charge is 0.325 e. The van der Waals surface area contributed by atoms with Crippen molar-refractivity contribution in [1.82, 2.24) is 14.8 Å². The first kappa shape index (κ1) is 16.2. The van der Waals surface area contributed by atoms with E-state index in [2.05, 4.69) is 15.5 Å². The van der Waals surface area contributed by atoms with Crippen molar-refractivity contribution in [2.75, 3.05) is 5.32 Å². The molecule has 1 atom stereocenters. The highest BCUT2D eigenvalue weighted by Gasteiger charge is 2.18. The summed E-state index contributed by atoms with van der Waals surface area (Å²) in [7, 11) is 0. The van der Waals surface area contributed by atoms with Gasteiger partial charge in [0.15, 0.2) is 5.16 Å². The van der Waals surface area contributed by atoms with Crippen molar-refractivity contribution < 1.29 is 9.18 Å². The molecular formula is C17H15FN4OS. The molecule has 7 heteroatoms. The Bertz CT molecular complexity index is 820. The number of carbonyl (C=O) groups excluding carboxylic acids is 1. The number of hydrogen-bond acceptors (Lipinski definition) is 4. The van der Waals surface area contributed by atoms with Crippen LogP contribution in [0, 0.1) is 5.82 Å². The summed E-state index contributed by atoms with van der Waals surface area (Å²) in [6.07, 6.45) is 1.61. The minimum atomic E-state index is -0.387. The van der Waals surface area contributed by atoms with E-state index in [0.29, 0.717) is 10.8 Å². The first-order valence-corrected chi connectivity index (χ1v) is 8.20. The van der Waals surface area contributed by atoms with Crippen molar-refractivity contribution in [2.45, 2.75) is 17.3 Å². The van der Waals surface area contributed by atoms with E-state index >= 15 is 0 Å². The highest BCUT2D eigenvalue weighted by atomic mass is 32.2. The Morgan fingerprint density at radius 2 is 1.88 bits per heavy atom. The number of thioether (sulfide) groups is 1. The van der Waals surface area contributed by atoms with Crippen LogP contribution in [0.1, 0.15) is 6.92 Å². The quantitative estimate of drug-likeness (QED) is 0.721. The summed E-state index contributed by atoms with van der Waals surface area (Å²) in [5, 5.41) is 11.0. The normalized spacial score (nSPS) is 11.9. The molecule has 2 aromatic carbocycles. The third-order valence-corrected chi connectivity index (χ3v) is 4.37. The van der Waals surface area contributed by atoms with Crippen molar-refractivity contribution in [2.24, 2.45) is 0 Å². The molecule has 1 aromatic heterocycles. The van der Waals surface area contributed by atoms with Crippen molar-refractivity contribution in [1.29, 1.82) is 0 Å². The van der Waals surface area contributed by atoms with E-state index in [1.165, 1.54) is 36.0 Å². The van der Waals surface area contributed by atoms with Gasteiger partial charge in [0, 0.05) is 11.4 Å². The molecule has 0 fully saturated rings. The molecule has 0 aliphatic heterocycles. The monoisotopic (exact) mass is 342 g/mol. The van der Waals surface area contributed by atoms with Crippen molar-refractivity contribution >= 4 is 23.4 Å². The number of rotatable bonds is 5. The van der Waals surface area contributed by atoms with Gasteiger partial charge in [-0.15, -0.1) is 10.2 Å². The van der Waals surface area contributed by atoms with Gasteiger partial charge in [-0.1, -0.05) is 30.0 Å². The van der Waals surface area contributed by atoms with Crippen LogP contribution in [-0.4, -0.2) is 25.9 Å². The van der Waals surface area contributed by atoms with E-state index in [0.717, 1.165) is 5.69 Å². The van der Waals surface area contributed by atoms with E-state index in [9.17, 15) is 9.18 Å². The molecule has 5 nitrogen and oxygen atoms in total. The first-order valence-electron chi connectivity index (χ1n) is 7.32. The minimum Gasteiger partial charge on any atom is -0.325 e. The number of nitrogens with one attached hydrogen (secondary N) is 1. The zero-order valence-electron chi connectivity index (χ0n) is 12.9. The lowest BCUT2D eigenvalue weighted by atomic mass is 10.3. The molecular weight excluding hydrogens is 327 g/mol. The molecule has 1 amide bonds. The molecule has 0 spiro atoms. The van der Waals surface area contributed by atoms with E-state index < -0.39 is 0 Å². The Kier molecular flexibility index (Phi) is 4.90. The maximum Gasteiger partial charge on any atom is 0.237 e. The number of nitrogens with zero attached hydrogens (tertiary/aromatic N) is 3. The number of benzene rings is 2. The lowest BCUT2D eigenvalue weighted by molar-refractivity contribution is -0.115. The van der Waals surface area contributed by atoms with Crippen LogP contribution in [0.15, 0.2) is 66.1 Å². The average Bonchev–Trinajstić information content (AvgIpc) is 3.05. The molecule has 0 unspecified atom stereocenters. The van der Waals surface area contributed by atoms with Crippen LogP contribution in [0.4, 0.5) is 10.1 Å². The van der Waals surface area contributed by atoms with Crippen LogP contribution >= 0.6 is 11.8 Å². The van der Waals surface area contributed by atoms with Crippen molar-refractivity contribution in [3.05, 3.63) is 66.7 Å². The van der Waals surface area contributed by atoms with Gasteiger partial charge in [0.05, 0.1) is 5.25 Å². The fraction of sp³-hybridized carbons (Fsp3) is 0.118. The van der Waals surface area contributed by atoms with Gasteiger partial charge < -0.3 is 5.32 Å². The van der Waals surface area contributed by atoms with E-state index in [-0.39, 0.29) is 17.0 Å². The van der Waals surface area contributed by atoms with E-state index in [4.69, 9.17) is 0 Å². The first-order chi connectivity index (χ1) is 11.6. The lowest BCUT2D eigenvalue weighted by Crippen LogP contribution is -2.22. The SMILES string of the molecule is C[C@@H](Sc1nncn1-c1ccccc1)C(=O)Nc1ccc(F)cc1. The molecule has 3 rings (SSSR count). The lowest BCUT2D eigenvalue weighted by Gasteiger charge is -2.12. The predicted octanol–water partition coefficient (Wildman–Crippen LogP) is 3.53. The standard InChI is InChI=1S/C17H15FN4OS/c1-12(16(23)20-14-9-7-13(18)8-10-14)24-17-21-19-11-22(17)15-5-3-2-4-6-15/h2-12H,1H3,(H,20,23)/t12-/m1/s1. The van der Waals surface area contributed by atoms with Crippen LogP contribution in [-0.2, 0) is 4.79 Å². The summed E-state index contributed by atoms with van der Waals surface area (Å²) in [6.45, 7) is 1.79. The molecule has 24 heavy (non-hydrogen) atoms. The van der Waals surface area contributed by atoms with E-state index in [1.807, 2.05) is 34.9 Å². The van der Waals surface area contributed by atoms with Gasteiger partial charge in [0.2, 0.25) is 5.91 Å². The van der Waals surface area contributed by atoms with Gasteiger partial charge in [-0.3, -0.25) is 9.36 Å². The average molecular weight is 342 g/mol. The van der Waals surface area contributed by atoms with Gasteiger partial charge in [-0.05, 0) is 43.3 Å². The van der Waals surface area contributed by atoms with Crippen LogP contribution in [0.3, 0.4) is 0 Å². The number of halogens is 1. The number of aromatic nitrogens is 3. The molecule has 0 bridgehead atoms. The number of para-hydroxylation sites is 1. The summed E-state index contributed by atoms with van der Waals surface area (Å²) in [5.41, 5.74) is 1.48. The third kappa shape index (κ3) is 3.80. The Hall–Kier alpha value is -2.67. The smallest absolute Gasteiger partial charge is 0.237 e. The molecule has 0 radical (unpaired) electrons. The van der Waals surface area contributed by atoms with Crippen molar-refractivity contribution in [3.63, 3.8) is 0 Å². The maximum atomic E-state index is 12.9. The molecule has 0 aliphatic rings. The topological polar surface area (TPSA) is 59.8 Å². The van der Waals surface area contributed by atoms with Crippen LogP contribution in [0.5, 0.6) is 0 Å². The number of hydrogen-bond donors (Lipinski definition) is 1. The number of carbonyl (C=O) groups is 1. The minimum absolute atomic E-state index is 0.186. The molecule has 1 N–H and O–H groups in total. The molecule has 122 valence electrons. The maximum absolute atomic E-state index is 12.9. The molecule has 0 aliphatic carbocycles. The number of amides is 1. The van der Waals surface area contributed by atoms with Crippen LogP contribution < -0.4 is 5.32 Å². The fourth-order valence-electron chi connectivity index (χ4n) is 2.06. The third-order valence-electron chi connectivity index (χ3n) is 3.31. The van der Waals surface area contributed by atoms with Crippen LogP contribution in [0.25, 0.3) is 5.69 Å². The second kappa shape index (κ2) is 7.27. The van der Waals surface area contributed by atoms with Gasteiger partial charge >= 0.3 is 0 Å². The Balaban J connectivity index is 1.69. The van der Waals surface area contributed by atoms with Crippen LogP contribution in [0.2, 0.25) is 0 Å². The van der Waals surface area contributed by atoms with Gasteiger partial charge in [0.25, 0.3) is 0 Å². The van der Waals surface area contributed by atoms with Crippen molar-refractivity contribution in [3.8, 4) is 5.69 Å². The van der Waals surface area contributed by atoms with E-state index in [1.54, 1.807) is 13.3 Å². The highest BCUT2D eigenvalue weighted by molar-refractivity contribution is 8.00. The second-order valence-electron chi connectivity index (χ2n) is 5.08. The highest BCUT2D eigenvalue weighted by Crippen LogP contribution is 2.24. The summed E-state index contributed by atoms with van der Waals surface area (Å²) < 4.78 is 14.7. The Morgan fingerprint density at radius 1 is 1.17 bits per heavy atom. The molecule has 3 aromatic rings. The second-order valence-corrected chi connectivity index (χ2v) is 6.38. The Labute approximate surface area is 142 Å². The van der Waals surface area contributed by atoms with Gasteiger partial charge in [-0.25, -0.2) is 4.39 Å². The zero-order chi connectivity index (χ0) is 16.9.